The van der Waals surface area contributed by atoms with Crippen LogP contribution in [-0.4, -0.2) is 26.7 Å². The summed E-state index contributed by atoms with van der Waals surface area (Å²) in [5.74, 6) is 0.835. The molecule has 5 rings (SSSR count). The number of rotatable bonds is 6. The fourth-order valence-corrected chi connectivity index (χ4v) is 5.46. The van der Waals surface area contributed by atoms with Gasteiger partial charge >= 0.3 is 0 Å². The number of hydrogen-bond donors (Lipinski definition) is 1. The number of hydrogen-bond acceptors (Lipinski definition) is 3. The predicted molar refractivity (Wildman–Crippen MR) is 144 cm³/mol. The molecule has 35 heavy (non-hydrogen) atoms. The highest BCUT2D eigenvalue weighted by molar-refractivity contribution is 7.80. The van der Waals surface area contributed by atoms with Crippen molar-refractivity contribution < 1.29 is 4.74 Å². The highest BCUT2D eigenvalue weighted by Crippen LogP contribution is 2.42. The quantitative estimate of drug-likeness (QED) is 0.312. The zero-order valence-electron chi connectivity index (χ0n) is 19.9. The van der Waals surface area contributed by atoms with Crippen molar-refractivity contribution in [2.75, 3.05) is 7.11 Å². The highest BCUT2D eigenvalue weighted by atomic mass is 35.5. The Kier molecular flexibility index (Phi) is 6.50. The Morgan fingerprint density at radius 3 is 2.46 bits per heavy atom. The molecule has 0 amide bonds. The molecule has 0 saturated carbocycles. The van der Waals surface area contributed by atoms with Crippen LogP contribution in [0.3, 0.4) is 0 Å². The number of benzene rings is 2. The van der Waals surface area contributed by atoms with Crippen LogP contribution in [0.25, 0.3) is 5.69 Å². The summed E-state index contributed by atoms with van der Waals surface area (Å²) in [6.07, 6.45) is 1.83. The number of methoxy groups -OCH3 is 1. The maximum absolute atomic E-state index is 6.60. The number of aryl methyl sites for hydroxylation is 1. The van der Waals surface area contributed by atoms with Crippen molar-refractivity contribution in [1.82, 2.24) is 19.8 Å². The monoisotopic (exact) mass is 502 g/mol. The lowest BCUT2D eigenvalue weighted by atomic mass is 9.96. The van der Waals surface area contributed by atoms with E-state index in [4.69, 9.17) is 28.6 Å². The van der Waals surface area contributed by atoms with E-state index in [2.05, 4.69) is 63.9 Å². The molecule has 0 aliphatic carbocycles. The van der Waals surface area contributed by atoms with Gasteiger partial charge in [0.15, 0.2) is 5.11 Å². The Balaban J connectivity index is 1.60. The molecule has 7 heteroatoms. The second-order valence-corrected chi connectivity index (χ2v) is 9.51. The van der Waals surface area contributed by atoms with Gasteiger partial charge in [-0.2, -0.15) is 0 Å². The first-order valence-electron chi connectivity index (χ1n) is 11.5. The molecule has 1 saturated heterocycles. The van der Waals surface area contributed by atoms with Crippen molar-refractivity contribution >= 4 is 28.9 Å². The Morgan fingerprint density at radius 1 is 1.03 bits per heavy atom. The molecular weight excluding hydrogens is 476 g/mol. The summed E-state index contributed by atoms with van der Waals surface area (Å²) in [5.41, 5.74) is 6.53. The predicted octanol–water partition coefficient (Wildman–Crippen LogP) is 6.32. The number of nitrogens with one attached hydrogen (secondary N) is 1. The second-order valence-electron chi connectivity index (χ2n) is 8.72. The second kappa shape index (κ2) is 9.72. The van der Waals surface area contributed by atoms with Crippen molar-refractivity contribution in [2.45, 2.75) is 32.5 Å². The molecule has 1 aliphatic rings. The molecule has 178 valence electrons. The summed E-state index contributed by atoms with van der Waals surface area (Å²) in [6, 6.07) is 24.2. The van der Waals surface area contributed by atoms with E-state index in [0.717, 1.165) is 39.1 Å². The fraction of sp³-hybridized carbons (Fsp3) is 0.214. The Morgan fingerprint density at radius 2 is 1.77 bits per heavy atom. The van der Waals surface area contributed by atoms with Crippen molar-refractivity contribution in [3.63, 3.8) is 0 Å². The van der Waals surface area contributed by atoms with Crippen LogP contribution >= 0.6 is 23.8 Å². The zero-order chi connectivity index (χ0) is 24.5. The average Bonchev–Trinajstić information content (AvgIpc) is 3.35. The summed E-state index contributed by atoms with van der Waals surface area (Å²) < 4.78 is 7.56. The SMILES string of the molecule is COc1ccc(CN2C(=S)N[C@H](c3ccccn3)[C@H]2c2cc(C)n(-c3ccccc3Cl)c2C)cc1. The number of aromatic nitrogens is 2. The summed E-state index contributed by atoms with van der Waals surface area (Å²) in [5, 5.41) is 4.99. The molecule has 2 aromatic heterocycles. The normalized spacial score (nSPS) is 17.5. The molecular formula is C28H27ClN4OS. The van der Waals surface area contributed by atoms with Crippen LogP contribution in [0.1, 0.15) is 40.3 Å². The maximum Gasteiger partial charge on any atom is 0.170 e. The van der Waals surface area contributed by atoms with Gasteiger partial charge < -0.3 is 19.5 Å². The molecule has 2 aromatic carbocycles. The van der Waals surface area contributed by atoms with Crippen molar-refractivity contribution in [3.8, 4) is 11.4 Å². The van der Waals surface area contributed by atoms with Crippen LogP contribution in [0.4, 0.5) is 0 Å². The number of para-hydroxylation sites is 1. The van der Waals surface area contributed by atoms with Crippen LogP contribution in [0.15, 0.2) is 79.0 Å². The first kappa shape index (κ1) is 23.4. The van der Waals surface area contributed by atoms with E-state index in [9.17, 15) is 0 Å². The molecule has 1 aliphatic heterocycles. The van der Waals surface area contributed by atoms with Crippen LogP contribution in [0, 0.1) is 13.8 Å². The zero-order valence-corrected chi connectivity index (χ0v) is 21.5. The number of nitrogens with zero attached hydrogens (tertiary/aromatic N) is 3. The molecule has 0 radical (unpaired) electrons. The van der Waals surface area contributed by atoms with Gasteiger partial charge in [0.1, 0.15) is 5.75 Å². The van der Waals surface area contributed by atoms with E-state index >= 15 is 0 Å². The first-order chi connectivity index (χ1) is 17.0. The Hall–Kier alpha value is -3.35. The minimum absolute atomic E-state index is 0.0399. The number of thiocarbonyl (C=S) groups is 1. The molecule has 0 bridgehead atoms. The smallest absolute Gasteiger partial charge is 0.170 e. The van der Waals surface area contributed by atoms with Gasteiger partial charge in [-0.3, -0.25) is 4.98 Å². The van der Waals surface area contributed by atoms with Gasteiger partial charge in [0.25, 0.3) is 0 Å². The third-order valence-corrected chi connectivity index (χ3v) is 7.26. The topological polar surface area (TPSA) is 42.3 Å². The molecule has 2 atom stereocenters. The minimum atomic E-state index is -0.0813. The average molecular weight is 503 g/mol. The van der Waals surface area contributed by atoms with Gasteiger partial charge in [0.05, 0.1) is 35.6 Å². The lowest BCUT2D eigenvalue weighted by Gasteiger charge is -2.28. The highest BCUT2D eigenvalue weighted by Gasteiger charge is 2.41. The third-order valence-electron chi connectivity index (χ3n) is 6.59. The van der Waals surface area contributed by atoms with E-state index in [1.165, 1.54) is 5.56 Å². The molecule has 1 fully saturated rings. The number of halogens is 1. The van der Waals surface area contributed by atoms with E-state index in [0.29, 0.717) is 11.7 Å². The van der Waals surface area contributed by atoms with E-state index in [1.54, 1.807) is 7.11 Å². The lowest BCUT2D eigenvalue weighted by molar-refractivity contribution is 0.310. The lowest BCUT2D eigenvalue weighted by Crippen LogP contribution is -2.29. The van der Waals surface area contributed by atoms with Crippen molar-refractivity contribution in [2.24, 2.45) is 0 Å². The summed E-state index contributed by atoms with van der Waals surface area (Å²) >= 11 is 12.5. The van der Waals surface area contributed by atoms with Gasteiger partial charge in [-0.05, 0) is 79.7 Å². The van der Waals surface area contributed by atoms with Gasteiger partial charge in [0, 0.05) is 24.1 Å². The minimum Gasteiger partial charge on any atom is -0.497 e. The first-order valence-corrected chi connectivity index (χ1v) is 12.3. The fourth-order valence-electron chi connectivity index (χ4n) is 4.93. The largest absolute Gasteiger partial charge is 0.497 e. The van der Waals surface area contributed by atoms with Crippen molar-refractivity contribution in [1.29, 1.82) is 0 Å². The summed E-state index contributed by atoms with van der Waals surface area (Å²) in [7, 11) is 1.68. The maximum atomic E-state index is 6.60. The van der Waals surface area contributed by atoms with E-state index < -0.39 is 0 Å². The number of pyridine rings is 1. The third kappa shape index (κ3) is 4.40. The van der Waals surface area contributed by atoms with Gasteiger partial charge in [-0.15, -0.1) is 0 Å². The molecule has 4 aromatic rings. The Labute approximate surface area is 216 Å². The molecule has 5 nitrogen and oxygen atoms in total. The van der Waals surface area contributed by atoms with Crippen LogP contribution in [0.2, 0.25) is 5.02 Å². The van der Waals surface area contributed by atoms with Gasteiger partial charge in [-0.25, -0.2) is 0 Å². The Bertz CT molecular complexity index is 1350. The van der Waals surface area contributed by atoms with Crippen molar-refractivity contribution in [3.05, 3.63) is 112 Å². The standard InChI is InChI=1S/C28H27ClN4OS/c1-18-16-22(19(2)33(18)25-10-5-4-8-23(25)29)27-26(24-9-6-7-15-30-24)31-28(35)32(27)17-20-11-13-21(34-3)14-12-20/h4-16,26-27H,17H2,1-3H3,(H,31,35)/t26-,27-/m1/s1. The molecule has 3 heterocycles. The van der Waals surface area contributed by atoms with Gasteiger partial charge in [-0.1, -0.05) is 41.9 Å². The van der Waals surface area contributed by atoms with E-state index in [-0.39, 0.29) is 12.1 Å². The molecule has 0 spiro atoms. The summed E-state index contributed by atoms with van der Waals surface area (Å²) in [4.78, 5) is 6.93. The molecule has 0 unspecified atom stereocenters. The molecule has 1 N–H and O–H groups in total. The van der Waals surface area contributed by atoms with Crippen LogP contribution in [-0.2, 0) is 6.54 Å². The van der Waals surface area contributed by atoms with Crippen LogP contribution < -0.4 is 10.1 Å². The van der Waals surface area contributed by atoms with E-state index in [1.807, 2.05) is 48.7 Å². The van der Waals surface area contributed by atoms with Gasteiger partial charge in [0.2, 0.25) is 0 Å². The summed E-state index contributed by atoms with van der Waals surface area (Å²) in [6.45, 7) is 4.93. The van der Waals surface area contributed by atoms with Crippen LogP contribution in [0.5, 0.6) is 5.75 Å². The number of ether oxygens (including phenoxy) is 1.